The van der Waals surface area contributed by atoms with E-state index in [9.17, 15) is 17.6 Å². The third-order valence-electron chi connectivity index (χ3n) is 5.38. The Hall–Kier alpha value is -2.29. The Bertz CT molecular complexity index is 954. The van der Waals surface area contributed by atoms with Gasteiger partial charge in [0.15, 0.2) is 0 Å². The highest BCUT2D eigenvalue weighted by Gasteiger charge is 2.36. The van der Waals surface area contributed by atoms with Crippen molar-refractivity contribution in [2.24, 2.45) is 0 Å². The number of amides is 1. The molecule has 1 N–H and O–H groups in total. The van der Waals surface area contributed by atoms with Crippen molar-refractivity contribution in [3.05, 3.63) is 66.0 Å². The molecular formula is C21H24FN3O3S. The van der Waals surface area contributed by atoms with Gasteiger partial charge >= 0.3 is 0 Å². The van der Waals surface area contributed by atoms with Crippen molar-refractivity contribution in [1.82, 2.24) is 14.5 Å². The molecule has 0 aromatic heterocycles. The summed E-state index contributed by atoms with van der Waals surface area (Å²) in [5, 5.41) is 3.03. The number of nitrogens with zero attached hydrogens (tertiary/aromatic N) is 2. The Kier molecular flexibility index (Phi) is 5.67. The summed E-state index contributed by atoms with van der Waals surface area (Å²) in [6.07, 6.45) is 1.95. The number of benzene rings is 2. The minimum absolute atomic E-state index is 0.113. The molecule has 0 spiro atoms. The van der Waals surface area contributed by atoms with Crippen molar-refractivity contribution < 1.29 is 17.6 Å². The lowest BCUT2D eigenvalue weighted by Crippen LogP contribution is -2.52. The molecule has 8 heteroatoms. The molecule has 1 atom stereocenters. The molecular weight excluding hydrogens is 393 g/mol. The molecule has 4 rings (SSSR count). The minimum atomic E-state index is -3.55. The fraction of sp³-hybridized carbons (Fsp3) is 0.381. The molecule has 1 heterocycles. The zero-order valence-electron chi connectivity index (χ0n) is 16.0. The SMILES string of the molecule is O=C(NC1CC1)[C@@H](c1ccc(F)cc1)N1CCN(S(=O)(=O)c2ccccc2)CC1. The van der Waals surface area contributed by atoms with Gasteiger partial charge in [0.05, 0.1) is 4.90 Å². The van der Waals surface area contributed by atoms with Gasteiger partial charge in [-0.15, -0.1) is 0 Å². The van der Waals surface area contributed by atoms with Crippen molar-refractivity contribution in [2.45, 2.75) is 29.8 Å². The molecule has 1 saturated heterocycles. The molecule has 1 aliphatic carbocycles. The van der Waals surface area contributed by atoms with Crippen molar-refractivity contribution in [3.8, 4) is 0 Å². The Morgan fingerprint density at radius 2 is 1.59 bits per heavy atom. The summed E-state index contributed by atoms with van der Waals surface area (Å²) in [4.78, 5) is 15.1. The van der Waals surface area contributed by atoms with Gasteiger partial charge in [-0.3, -0.25) is 9.69 Å². The first-order valence-corrected chi connectivity index (χ1v) is 11.2. The molecule has 1 aliphatic heterocycles. The molecule has 2 aliphatic rings. The lowest BCUT2D eigenvalue weighted by molar-refractivity contribution is -0.127. The van der Waals surface area contributed by atoms with Crippen molar-refractivity contribution >= 4 is 15.9 Å². The van der Waals surface area contributed by atoms with Gasteiger partial charge in [0, 0.05) is 32.2 Å². The Labute approximate surface area is 170 Å². The molecule has 6 nitrogen and oxygen atoms in total. The number of piperazine rings is 1. The van der Waals surface area contributed by atoms with Crippen LogP contribution in [0.15, 0.2) is 59.5 Å². The van der Waals surface area contributed by atoms with Gasteiger partial charge in [0.1, 0.15) is 11.9 Å². The van der Waals surface area contributed by atoms with E-state index >= 15 is 0 Å². The first-order chi connectivity index (χ1) is 13.9. The maximum absolute atomic E-state index is 13.4. The number of hydrogen-bond donors (Lipinski definition) is 1. The molecule has 0 bridgehead atoms. The molecule has 2 fully saturated rings. The van der Waals surface area contributed by atoms with Crippen molar-refractivity contribution in [3.63, 3.8) is 0 Å². The predicted molar refractivity (Wildman–Crippen MR) is 107 cm³/mol. The highest BCUT2D eigenvalue weighted by molar-refractivity contribution is 7.89. The van der Waals surface area contributed by atoms with Crippen molar-refractivity contribution in [2.75, 3.05) is 26.2 Å². The minimum Gasteiger partial charge on any atom is -0.352 e. The second kappa shape index (κ2) is 8.22. The van der Waals surface area contributed by atoms with Gasteiger partial charge in [0.2, 0.25) is 15.9 Å². The van der Waals surface area contributed by atoms with E-state index < -0.39 is 16.1 Å². The van der Waals surface area contributed by atoms with Crippen LogP contribution in [-0.2, 0) is 14.8 Å². The molecule has 0 radical (unpaired) electrons. The lowest BCUT2D eigenvalue weighted by Gasteiger charge is -2.38. The summed E-state index contributed by atoms with van der Waals surface area (Å²) in [5.41, 5.74) is 0.712. The second-order valence-corrected chi connectivity index (χ2v) is 9.43. The van der Waals surface area contributed by atoms with Gasteiger partial charge < -0.3 is 5.32 Å². The van der Waals surface area contributed by atoms with E-state index in [1.165, 1.54) is 16.4 Å². The van der Waals surface area contributed by atoms with E-state index in [4.69, 9.17) is 0 Å². The highest BCUT2D eigenvalue weighted by Crippen LogP contribution is 2.27. The Balaban J connectivity index is 1.50. The molecule has 2 aromatic rings. The molecule has 1 saturated carbocycles. The van der Waals surface area contributed by atoms with Gasteiger partial charge in [0.25, 0.3) is 0 Å². The monoisotopic (exact) mass is 417 g/mol. The van der Waals surface area contributed by atoms with Crippen LogP contribution in [0.3, 0.4) is 0 Å². The number of nitrogens with one attached hydrogen (secondary N) is 1. The van der Waals surface area contributed by atoms with Crippen LogP contribution in [0, 0.1) is 5.82 Å². The maximum atomic E-state index is 13.4. The zero-order valence-corrected chi connectivity index (χ0v) is 16.8. The zero-order chi connectivity index (χ0) is 20.4. The molecule has 2 aromatic carbocycles. The summed E-state index contributed by atoms with van der Waals surface area (Å²) in [5.74, 6) is -0.465. The maximum Gasteiger partial charge on any atom is 0.243 e. The fourth-order valence-corrected chi connectivity index (χ4v) is 5.07. The van der Waals surface area contributed by atoms with E-state index in [-0.39, 0.29) is 22.7 Å². The van der Waals surface area contributed by atoms with Crippen LogP contribution in [0.25, 0.3) is 0 Å². The number of halogens is 1. The van der Waals surface area contributed by atoms with Crippen LogP contribution in [-0.4, -0.2) is 55.8 Å². The van der Waals surface area contributed by atoms with Crippen LogP contribution in [0.1, 0.15) is 24.4 Å². The van der Waals surface area contributed by atoms with E-state index in [0.717, 1.165) is 12.8 Å². The average molecular weight is 418 g/mol. The third-order valence-corrected chi connectivity index (χ3v) is 7.29. The Morgan fingerprint density at radius 3 is 2.17 bits per heavy atom. The smallest absolute Gasteiger partial charge is 0.243 e. The quantitative estimate of drug-likeness (QED) is 0.782. The average Bonchev–Trinajstić information content (AvgIpc) is 3.55. The summed E-state index contributed by atoms with van der Waals surface area (Å²) in [7, 11) is -3.55. The lowest BCUT2D eigenvalue weighted by atomic mass is 10.0. The summed E-state index contributed by atoms with van der Waals surface area (Å²) >= 11 is 0. The number of carbonyl (C=O) groups is 1. The standard InChI is InChI=1S/C21H24FN3O3S/c22-17-8-6-16(7-9-17)20(21(26)23-18-10-11-18)24-12-14-25(15-13-24)29(27,28)19-4-2-1-3-5-19/h1-9,18,20H,10-15H2,(H,23,26)/t20-/m1/s1. The predicted octanol–water partition coefficient (Wildman–Crippen LogP) is 2.15. The van der Waals surface area contributed by atoms with Gasteiger partial charge in [-0.2, -0.15) is 4.31 Å². The number of carbonyl (C=O) groups excluding carboxylic acids is 1. The summed E-state index contributed by atoms with van der Waals surface area (Å²) in [6, 6.07) is 14.0. The highest BCUT2D eigenvalue weighted by atomic mass is 32.2. The molecule has 154 valence electrons. The number of sulfonamides is 1. The van der Waals surface area contributed by atoms with E-state index in [1.807, 2.05) is 4.90 Å². The number of hydrogen-bond acceptors (Lipinski definition) is 4. The van der Waals surface area contributed by atoms with Gasteiger partial charge in [-0.1, -0.05) is 30.3 Å². The topological polar surface area (TPSA) is 69.7 Å². The molecule has 0 unspecified atom stereocenters. The normalized spacial score (nSPS) is 19.6. The third kappa shape index (κ3) is 4.49. The second-order valence-electron chi connectivity index (χ2n) is 7.49. The first kappa shape index (κ1) is 20.0. The molecule has 29 heavy (non-hydrogen) atoms. The fourth-order valence-electron chi connectivity index (χ4n) is 3.62. The van der Waals surface area contributed by atoms with E-state index in [0.29, 0.717) is 31.7 Å². The summed E-state index contributed by atoms with van der Waals surface area (Å²) < 4.78 is 40.5. The largest absolute Gasteiger partial charge is 0.352 e. The van der Waals surface area contributed by atoms with Gasteiger partial charge in [-0.25, -0.2) is 12.8 Å². The van der Waals surface area contributed by atoms with Crippen LogP contribution in [0.4, 0.5) is 4.39 Å². The number of rotatable bonds is 6. The van der Waals surface area contributed by atoms with Gasteiger partial charge in [-0.05, 0) is 42.7 Å². The van der Waals surface area contributed by atoms with Crippen LogP contribution < -0.4 is 5.32 Å². The van der Waals surface area contributed by atoms with E-state index in [1.54, 1.807) is 42.5 Å². The van der Waals surface area contributed by atoms with Crippen LogP contribution >= 0.6 is 0 Å². The first-order valence-electron chi connectivity index (χ1n) is 9.80. The van der Waals surface area contributed by atoms with Crippen LogP contribution in [0.2, 0.25) is 0 Å². The van der Waals surface area contributed by atoms with Crippen molar-refractivity contribution in [1.29, 1.82) is 0 Å². The van der Waals surface area contributed by atoms with E-state index in [2.05, 4.69) is 5.32 Å². The van der Waals surface area contributed by atoms with Crippen LogP contribution in [0.5, 0.6) is 0 Å². The molecule has 1 amide bonds. The summed E-state index contributed by atoms with van der Waals surface area (Å²) in [6.45, 7) is 1.44. The Morgan fingerprint density at radius 1 is 0.966 bits per heavy atom.